The molecule has 5 rings (SSSR count). The van der Waals surface area contributed by atoms with E-state index in [2.05, 4.69) is 11.0 Å². The lowest BCUT2D eigenvalue weighted by Gasteiger charge is -2.23. The number of nitriles is 1. The largest absolute Gasteiger partial charge is 0.486 e. The molecule has 4 aromatic rings. The zero-order valence-corrected chi connectivity index (χ0v) is 20.2. The first-order valence-corrected chi connectivity index (χ1v) is 12.3. The van der Waals surface area contributed by atoms with Gasteiger partial charge in [-0.05, 0) is 48.4 Å². The monoisotopic (exact) mass is 479 g/mol. The predicted octanol–water partition coefficient (Wildman–Crippen LogP) is 4.22. The SMILES string of the molecule is N#Cc1ccc(CN2CCCN(C(=O)Cn3c(COc4ccccc4)nc4ccccc43)CC2)cc1. The lowest BCUT2D eigenvalue weighted by atomic mass is 10.1. The Balaban J connectivity index is 1.25. The minimum absolute atomic E-state index is 0.0966. The lowest BCUT2D eigenvalue weighted by Crippen LogP contribution is -2.37. The summed E-state index contributed by atoms with van der Waals surface area (Å²) in [6.45, 7) is 4.55. The molecular formula is C29H29N5O2. The second-order valence-corrected chi connectivity index (χ2v) is 9.02. The molecular weight excluding hydrogens is 450 g/mol. The van der Waals surface area contributed by atoms with Crippen LogP contribution >= 0.6 is 0 Å². The molecule has 182 valence electrons. The Morgan fingerprint density at radius 3 is 2.50 bits per heavy atom. The van der Waals surface area contributed by atoms with Gasteiger partial charge in [-0.1, -0.05) is 42.5 Å². The number of imidazole rings is 1. The lowest BCUT2D eigenvalue weighted by molar-refractivity contribution is -0.131. The molecule has 2 heterocycles. The van der Waals surface area contributed by atoms with E-state index in [0.717, 1.165) is 55.2 Å². The van der Waals surface area contributed by atoms with Crippen LogP contribution in [-0.2, 0) is 24.5 Å². The number of hydrogen-bond acceptors (Lipinski definition) is 5. The maximum atomic E-state index is 13.4. The number of hydrogen-bond donors (Lipinski definition) is 0. The van der Waals surface area contributed by atoms with Gasteiger partial charge in [0.1, 0.15) is 24.7 Å². The molecule has 1 aliphatic heterocycles. The van der Waals surface area contributed by atoms with Crippen LogP contribution in [0.4, 0.5) is 0 Å². The summed E-state index contributed by atoms with van der Waals surface area (Å²) in [6, 6.07) is 27.5. The summed E-state index contributed by atoms with van der Waals surface area (Å²) < 4.78 is 7.95. The number of fused-ring (bicyclic) bond motifs is 1. The number of rotatable bonds is 7. The van der Waals surface area contributed by atoms with E-state index in [4.69, 9.17) is 15.0 Å². The highest BCUT2D eigenvalue weighted by Crippen LogP contribution is 2.19. The van der Waals surface area contributed by atoms with Crippen LogP contribution in [0.15, 0.2) is 78.9 Å². The highest BCUT2D eigenvalue weighted by atomic mass is 16.5. The van der Waals surface area contributed by atoms with Crippen LogP contribution in [0.1, 0.15) is 23.4 Å². The van der Waals surface area contributed by atoms with Crippen molar-refractivity contribution in [2.24, 2.45) is 0 Å². The molecule has 36 heavy (non-hydrogen) atoms. The van der Waals surface area contributed by atoms with Crippen LogP contribution < -0.4 is 4.74 Å². The van der Waals surface area contributed by atoms with Gasteiger partial charge in [0.25, 0.3) is 0 Å². The van der Waals surface area contributed by atoms with Crippen molar-refractivity contribution in [3.05, 3.63) is 95.8 Å². The third-order valence-electron chi connectivity index (χ3n) is 6.57. The van der Waals surface area contributed by atoms with E-state index >= 15 is 0 Å². The molecule has 0 saturated carbocycles. The Hall–Kier alpha value is -4.15. The third kappa shape index (κ3) is 5.56. The van der Waals surface area contributed by atoms with E-state index in [1.807, 2.05) is 88.3 Å². The zero-order chi connectivity index (χ0) is 24.7. The van der Waals surface area contributed by atoms with Crippen LogP contribution in [0.3, 0.4) is 0 Å². The summed E-state index contributed by atoms with van der Waals surface area (Å²) in [5.74, 6) is 1.61. The fraction of sp³-hybridized carbons (Fsp3) is 0.276. The topological polar surface area (TPSA) is 74.4 Å². The summed E-state index contributed by atoms with van der Waals surface area (Å²) in [5.41, 5.74) is 3.66. The number of carbonyl (C=O) groups is 1. The quantitative estimate of drug-likeness (QED) is 0.397. The van der Waals surface area contributed by atoms with Gasteiger partial charge < -0.3 is 14.2 Å². The normalized spacial score (nSPS) is 14.4. The smallest absolute Gasteiger partial charge is 0.242 e. The molecule has 0 bridgehead atoms. The molecule has 7 heteroatoms. The molecule has 0 N–H and O–H groups in total. The van der Waals surface area contributed by atoms with Crippen LogP contribution in [0.25, 0.3) is 11.0 Å². The molecule has 1 amide bonds. The summed E-state index contributed by atoms with van der Waals surface area (Å²) in [4.78, 5) is 22.5. The van der Waals surface area contributed by atoms with Crippen molar-refractivity contribution in [3.63, 3.8) is 0 Å². The number of para-hydroxylation sites is 3. The van der Waals surface area contributed by atoms with Gasteiger partial charge in [0.15, 0.2) is 0 Å². The Morgan fingerprint density at radius 1 is 0.917 bits per heavy atom. The van der Waals surface area contributed by atoms with Gasteiger partial charge in [-0.15, -0.1) is 0 Å². The number of benzene rings is 3. The summed E-state index contributed by atoms with van der Waals surface area (Å²) in [7, 11) is 0. The van der Waals surface area contributed by atoms with Gasteiger partial charge >= 0.3 is 0 Å². The van der Waals surface area contributed by atoms with Crippen molar-refractivity contribution in [2.45, 2.75) is 26.1 Å². The van der Waals surface area contributed by atoms with Gasteiger partial charge in [-0.25, -0.2) is 4.98 Å². The third-order valence-corrected chi connectivity index (χ3v) is 6.57. The van der Waals surface area contributed by atoms with Gasteiger partial charge in [0, 0.05) is 32.7 Å². The molecule has 0 aliphatic carbocycles. The fourth-order valence-corrected chi connectivity index (χ4v) is 4.63. The second kappa shape index (κ2) is 11.1. The van der Waals surface area contributed by atoms with Crippen molar-refractivity contribution >= 4 is 16.9 Å². The molecule has 1 aromatic heterocycles. The van der Waals surface area contributed by atoms with Crippen molar-refractivity contribution in [3.8, 4) is 11.8 Å². The predicted molar refractivity (Wildman–Crippen MR) is 138 cm³/mol. The highest BCUT2D eigenvalue weighted by molar-refractivity contribution is 5.81. The maximum absolute atomic E-state index is 13.4. The second-order valence-electron chi connectivity index (χ2n) is 9.02. The van der Waals surface area contributed by atoms with Crippen molar-refractivity contribution < 1.29 is 9.53 Å². The molecule has 0 radical (unpaired) electrons. The van der Waals surface area contributed by atoms with Crippen LogP contribution in [-0.4, -0.2) is 51.4 Å². The van der Waals surface area contributed by atoms with Crippen LogP contribution in [0.5, 0.6) is 5.75 Å². The van der Waals surface area contributed by atoms with Crippen molar-refractivity contribution in [1.29, 1.82) is 5.26 Å². The first kappa shape index (κ1) is 23.6. The minimum Gasteiger partial charge on any atom is -0.486 e. The number of ether oxygens (including phenoxy) is 1. The van der Waals surface area contributed by atoms with Crippen molar-refractivity contribution in [1.82, 2.24) is 19.4 Å². The fourth-order valence-electron chi connectivity index (χ4n) is 4.63. The molecule has 3 aromatic carbocycles. The first-order chi connectivity index (χ1) is 17.7. The Labute approximate surface area is 211 Å². The Morgan fingerprint density at radius 2 is 1.69 bits per heavy atom. The number of carbonyl (C=O) groups excluding carboxylic acids is 1. The molecule has 0 spiro atoms. The van der Waals surface area contributed by atoms with Crippen molar-refractivity contribution in [2.75, 3.05) is 26.2 Å². The Bertz CT molecular complexity index is 1360. The molecule has 0 atom stereocenters. The summed E-state index contributed by atoms with van der Waals surface area (Å²) in [5, 5.41) is 9.01. The zero-order valence-electron chi connectivity index (χ0n) is 20.2. The number of aromatic nitrogens is 2. The van der Waals surface area contributed by atoms with E-state index in [0.29, 0.717) is 18.7 Å². The minimum atomic E-state index is 0.0966. The Kier molecular flexibility index (Phi) is 7.25. The molecule has 1 aliphatic rings. The average Bonchev–Trinajstić information content (AvgIpc) is 3.09. The van der Waals surface area contributed by atoms with Gasteiger partial charge in [-0.3, -0.25) is 9.69 Å². The van der Waals surface area contributed by atoms with Gasteiger partial charge in [-0.2, -0.15) is 5.26 Å². The number of amides is 1. The van der Waals surface area contributed by atoms with E-state index in [-0.39, 0.29) is 12.5 Å². The summed E-state index contributed by atoms with van der Waals surface area (Å²) >= 11 is 0. The van der Waals surface area contributed by atoms with E-state index in [1.54, 1.807) is 0 Å². The number of nitrogens with zero attached hydrogens (tertiary/aromatic N) is 5. The van der Waals surface area contributed by atoms with Gasteiger partial charge in [0.2, 0.25) is 5.91 Å². The van der Waals surface area contributed by atoms with E-state index in [1.165, 1.54) is 5.56 Å². The molecule has 7 nitrogen and oxygen atoms in total. The van der Waals surface area contributed by atoms with Crippen LogP contribution in [0.2, 0.25) is 0 Å². The van der Waals surface area contributed by atoms with E-state index in [9.17, 15) is 4.79 Å². The highest BCUT2D eigenvalue weighted by Gasteiger charge is 2.22. The summed E-state index contributed by atoms with van der Waals surface area (Å²) in [6.07, 6.45) is 0.927. The first-order valence-electron chi connectivity index (χ1n) is 12.3. The molecule has 1 fully saturated rings. The van der Waals surface area contributed by atoms with Crippen LogP contribution in [0, 0.1) is 11.3 Å². The standard InChI is InChI=1S/C29H29N5O2/c30-19-23-11-13-24(14-12-23)20-32-15-6-16-33(18-17-32)29(35)21-34-27-10-5-4-9-26(27)31-28(34)22-36-25-7-2-1-3-8-25/h1-5,7-14H,6,15-18,20-22H2. The average molecular weight is 480 g/mol. The van der Waals surface area contributed by atoms with E-state index < -0.39 is 0 Å². The molecule has 1 saturated heterocycles. The maximum Gasteiger partial charge on any atom is 0.242 e. The van der Waals surface area contributed by atoms with Gasteiger partial charge in [0.05, 0.1) is 22.7 Å². The molecule has 0 unspecified atom stereocenters.